The Balaban J connectivity index is 1.91. The van der Waals surface area contributed by atoms with Crippen LogP contribution in [-0.2, 0) is 14.3 Å². The van der Waals surface area contributed by atoms with Crippen LogP contribution in [0.4, 0.5) is 5.69 Å². The lowest BCUT2D eigenvalue weighted by molar-refractivity contribution is -0.136. The second-order valence-corrected chi connectivity index (χ2v) is 6.98. The van der Waals surface area contributed by atoms with Gasteiger partial charge in [-0.25, -0.2) is 0 Å². The molecule has 0 saturated heterocycles. The Hall–Kier alpha value is -2.08. The Bertz CT molecular complexity index is 601. The SMILES string of the molecule is CC(C)COC(C(=O)NCCN1C(=O)COc2ccccc21)C(C)C. The molecule has 1 aromatic carbocycles. The van der Waals surface area contributed by atoms with Gasteiger partial charge in [0.05, 0.1) is 5.69 Å². The van der Waals surface area contributed by atoms with Crippen LogP contribution < -0.4 is 15.0 Å². The molecule has 0 bridgehead atoms. The maximum Gasteiger partial charge on any atom is 0.265 e. The van der Waals surface area contributed by atoms with Crippen molar-refractivity contribution in [2.24, 2.45) is 11.8 Å². The monoisotopic (exact) mass is 348 g/mol. The third-order valence-corrected chi connectivity index (χ3v) is 3.92. The number of nitrogens with one attached hydrogen (secondary N) is 1. The van der Waals surface area contributed by atoms with Crippen LogP contribution in [-0.4, -0.2) is 44.2 Å². The van der Waals surface area contributed by atoms with Crippen LogP contribution in [0.2, 0.25) is 0 Å². The molecule has 1 aromatic rings. The number of hydrogen-bond acceptors (Lipinski definition) is 4. The lowest BCUT2D eigenvalue weighted by Gasteiger charge is -2.29. The molecule has 0 spiro atoms. The average Bonchev–Trinajstić information content (AvgIpc) is 2.56. The number of hydrogen-bond donors (Lipinski definition) is 1. The molecular formula is C19H28N2O4. The molecule has 1 aliphatic rings. The standard InChI is InChI=1S/C19H28N2O4/c1-13(2)11-25-18(14(3)4)19(23)20-9-10-21-15-7-5-6-8-16(15)24-12-17(21)22/h5-8,13-14,18H,9-12H2,1-4H3,(H,20,23). The van der Waals surface area contributed by atoms with Gasteiger partial charge in [0.2, 0.25) is 5.91 Å². The van der Waals surface area contributed by atoms with Gasteiger partial charge >= 0.3 is 0 Å². The van der Waals surface area contributed by atoms with E-state index in [2.05, 4.69) is 19.2 Å². The first-order chi connectivity index (χ1) is 11.9. The quantitative estimate of drug-likeness (QED) is 0.782. The number of rotatable bonds is 8. The van der Waals surface area contributed by atoms with E-state index in [0.717, 1.165) is 5.69 Å². The fourth-order valence-corrected chi connectivity index (χ4v) is 2.66. The zero-order valence-corrected chi connectivity index (χ0v) is 15.5. The van der Waals surface area contributed by atoms with Gasteiger partial charge in [-0.05, 0) is 24.0 Å². The van der Waals surface area contributed by atoms with Crippen LogP contribution in [0.5, 0.6) is 5.75 Å². The fourth-order valence-electron chi connectivity index (χ4n) is 2.66. The summed E-state index contributed by atoms with van der Waals surface area (Å²) < 4.78 is 11.2. The summed E-state index contributed by atoms with van der Waals surface area (Å²) in [5, 5.41) is 2.89. The molecule has 1 unspecified atom stereocenters. The van der Waals surface area contributed by atoms with Crippen molar-refractivity contribution >= 4 is 17.5 Å². The second kappa shape index (κ2) is 8.85. The normalized spacial score (nSPS) is 15.1. The number of fused-ring (bicyclic) bond motifs is 1. The van der Waals surface area contributed by atoms with Crippen molar-refractivity contribution in [2.45, 2.75) is 33.8 Å². The minimum Gasteiger partial charge on any atom is -0.482 e. The van der Waals surface area contributed by atoms with Crippen LogP contribution in [0.15, 0.2) is 24.3 Å². The summed E-state index contributed by atoms with van der Waals surface area (Å²) >= 11 is 0. The van der Waals surface area contributed by atoms with Crippen molar-refractivity contribution in [2.75, 3.05) is 31.2 Å². The van der Waals surface area contributed by atoms with E-state index in [1.54, 1.807) is 4.90 Å². The molecule has 2 rings (SSSR count). The first-order valence-corrected chi connectivity index (χ1v) is 8.81. The van der Waals surface area contributed by atoms with Crippen LogP contribution >= 0.6 is 0 Å². The van der Waals surface area contributed by atoms with E-state index >= 15 is 0 Å². The summed E-state index contributed by atoms with van der Waals surface area (Å²) in [6.45, 7) is 9.38. The predicted octanol–water partition coefficient (Wildman–Crippen LogP) is 2.23. The molecule has 25 heavy (non-hydrogen) atoms. The molecule has 6 heteroatoms. The summed E-state index contributed by atoms with van der Waals surface area (Å²) in [6, 6.07) is 7.41. The number of anilines is 1. The molecule has 6 nitrogen and oxygen atoms in total. The van der Waals surface area contributed by atoms with E-state index < -0.39 is 6.10 Å². The van der Waals surface area contributed by atoms with Crippen molar-refractivity contribution in [3.8, 4) is 5.75 Å². The number of ether oxygens (including phenoxy) is 2. The van der Waals surface area contributed by atoms with E-state index in [-0.39, 0.29) is 24.3 Å². The maximum absolute atomic E-state index is 12.4. The summed E-state index contributed by atoms with van der Waals surface area (Å²) in [6.07, 6.45) is -0.477. The third kappa shape index (κ3) is 5.19. The molecule has 2 amide bonds. The van der Waals surface area contributed by atoms with E-state index in [1.807, 2.05) is 38.1 Å². The third-order valence-electron chi connectivity index (χ3n) is 3.92. The Morgan fingerprint density at radius 3 is 2.68 bits per heavy atom. The second-order valence-electron chi connectivity index (χ2n) is 6.98. The van der Waals surface area contributed by atoms with E-state index in [0.29, 0.717) is 31.4 Å². The predicted molar refractivity (Wildman–Crippen MR) is 96.7 cm³/mol. The molecule has 138 valence electrons. The molecule has 1 heterocycles. The Morgan fingerprint density at radius 2 is 2.00 bits per heavy atom. The van der Waals surface area contributed by atoms with Crippen LogP contribution in [0.25, 0.3) is 0 Å². The topological polar surface area (TPSA) is 67.9 Å². The summed E-state index contributed by atoms with van der Waals surface area (Å²) in [4.78, 5) is 26.2. The smallest absolute Gasteiger partial charge is 0.265 e. The van der Waals surface area contributed by atoms with Gasteiger partial charge < -0.3 is 19.7 Å². The van der Waals surface area contributed by atoms with Crippen LogP contribution in [0, 0.1) is 11.8 Å². The Kier molecular flexibility index (Phi) is 6.82. The number of nitrogens with zero attached hydrogens (tertiary/aromatic N) is 1. The van der Waals surface area contributed by atoms with Gasteiger partial charge in [-0.15, -0.1) is 0 Å². The van der Waals surface area contributed by atoms with Gasteiger partial charge in [0, 0.05) is 19.7 Å². The number of amides is 2. The molecule has 1 aliphatic heterocycles. The van der Waals surface area contributed by atoms with E-state index in [1.165, 1.54) is 0 Å². The van der Waals surface area contributed by atoms with Gasteiger partial charge in [0.15, 0.2) is 6.61 Å². The number of carbonyl (C=O) groups excluding carboxylic acids is 2. The van der Waals surface area contributed by atoms with E-state index in [9.17, 15) is 9.59 Å². The zero-order valence-electron chi connectivity index (χ0n) is 15.5. The molecule has 0 radical (unpaired) electrons. The van der Waals surface area contributed by atoms with Gasteiger partial charge in [0.1, 0.15) is 11.9 Å². The summed E-state index contributed by atoms with van der Waals surface area (Å²) in [5.41, 5.74) is 0.740. The van der Waals surface area contributed by atoms with Gasteiger partial charge in [-0.3, -0.25) is 9.59 Å². The molecule has 1 atom stereocenters. The lowest BCUT2D eigenvalue weighted by atomic mass is 10.1. The summed E-state index contributed by atoms with van der Waals surface area (Å²) in [5.74, 6) is 0.906. The molecule has 0 aromatic heterocycles. The number of carbonyl (C=O) groups is 2. The first-order valence-electron chi connectivity index (χ1n) is 8.81. The fraction of sp³-hybridized carbons (Fsp3) is 0.579. The van der Waals surface area contributed by atoms with Crippen LogP contribution in [0.1, 0.15) is 27.7 Å². The van der Waals surface area contributed by atoms with Gasteiger partial charge in [0.25, 0.3) is 5.91 Å². The first kappa shape index (κ1) is 19.2. The van der Waals surface area contributed by atoms with Crippen molar-refractivity contribution in [1.82, 2.24) is 5.32 Å². The maximum atomic E-state index is 12.4. The minimum absolute atomic E-state index is 0.0249. The number of para-hydroxylation sites is 2. The summed E-state index contributed by atoms with van der Waals surface area (Å²) in [7, 11) is 0. The highest BCUT2D eigenvalue weighted by Crippen LogP contribution is 2.30. The molecule has 0 saturated carbocycles. The average molecular weight is 348 g/mol. The van der Waals surface area contributed by atoms with E-state index in [4.69, 9.17) is 9.47 Å². The highest BCUT2D eigenvalue weighted by atomic mass is 16.5. The molecule has 0 aliphatic carbocycles. The highest BCUT2D eigenvalue weighted by molar-refractivity contribution is 5.97. The van der Waals surface area contributed by atoms with Crippen LogP contribution in [0.3, 0.4) is 0 Å². The Morgan fingerprint density at radius 1 is 1.28 bits per heavy atom. The van der Waals surface area contributed by atoms with Crippen molar-refractivity contribution in [3.63, 3.8) is 0 Å². The minimum atomic E-state index is -0.477. The van der Waals surface area contributed by atoms with Gasteiger partial charge in [-0.2, -0.15) is 0 Å². The molecular weight excluding hydrogens is 320 g/mol. The lowest BCUT2D eigenvalue weighted by Crippen LogP contribution is -2.46. The largest absolute Gasteiger partial charge is 0.482 e. The van der Waals surface area contributed by atoms with Gasteiger partial charge in [-0.1, -0.05) is 39.8 Å². The molecule has 1 N–H and O–H groups in total. The zero-order chi connectivity index (χ0) is 18.4. The Labute approximate surface area is 149 Å². The van der Waals surface area contributed by atoms with Crippen molar-refractivity contribution in [1.29, 1.82) is 0 Å². The van der Waals surface area contributed by atoms with Crippen molar-refractivity contribution in [3.05, 3.63) is 24.3 Å². The molecule has 0 fully saturated rings. The van der Waals surface area contributed by atoms with Crippen molar-refractivity contribution < 1.29 is 19.1 Å². The highest BCUT2D eigenvalue weighted by Gasteiger charge is 2.26. The number of benzene rings is 1.